The van der Waals surface area contributed by atoms with Crippen LogP contribution < -0.4 is 10.0 Å². The van der Waals surface area contributed by atoms with Gasteiger partial charge in [0, 0.05) is 36.4 Å². The highest BCUT2D eigenvalue weighted by atomic mass is 32.2. The summed E-state index contributed by atoms with van der Waals surface area (Å²) < 4.78 is 18.7. The fourth-order valence-corrected chi connectivity index (χ4v) is 5.71. The van der Waals surface area contributed by atoms with Crippen molar-refractivity contribution in [2.75, 3.05) is 12.4 Å². The molecule has 9 heteroatoms. The zero-order chi connectivity index (χ0) is 30.0. The number of ether oxygens (including phenoxy) is 3. The van der Waals surface area contributed by atoms with Crippen LogP contribution in [-0.2, 0) is 27.4 Å². The zero-order valence-electron chi connectivity index (χ0n) is 23.6. The number of alkyl carbamates (subject to hydrolysis) is 1. The van der Waals surface area contributed by atoms with Crippen molar-refractivity contribution in [3.63, 3.8) is 0 Å². The Morgan fingerprint density at radius 2 is 1.79 bits per heavy atom. The number of carbonyl (C=O) groups is 1. The maximum Gasteiger partial charge on any atom is 0.407 e. The predicted molar refractivity (Wildman–Crippen MR) is 165 cm³/mol. The third-order valence-electron chi connectivity index (χ3n) is 7.03. The van der Waals surface area contributed by atoms with Crippen LogP contribution in [0.3, 0.4) is 0 Å². The molecule has 1 saturated heterocycles. The molecule has 1 aliphatic rings. The molecule has 3 atom stereocenters. The van der Waals surface area contributed by atoms with Crippen LogP contribution in [0, 0.1) is 5.21 Å². The van der Waals surface area contributed by atoms with Crippen LogP contribution in [0.2, 0.25) is 0 Å². The number of aliphatic hydroxyl groups is 1. The number of amides is 1. The Labute approximate surface area is 255 Å². The molecule has 222 valence electrons. The van der Waals surface area contributed by atoms with Crippen LogP contribution in [0.5, 0.6) is 0 Å². The summed E-state index contributed by atoms with van der Waals surface area (Å²) in [6.45, 7) is 4.04. The molecule has 1 amide bonds. The SMILES string of the molecule is C=CCOC(=O)NCc1cccc(-c2ccc(C3OC(CSc4cccc[n+]4[O-])CC(c4ccc(CO)cc4)O3)cc2)c1. The lowest BCUT2D eigenvalue weighted by molar-refractivity contribution is -0.645. The number of nitrogens with zero attached hydrogens (tertiary/aromatic N) is 1. The molecular weight excluding hydrogens is 564 g/mol. The largest absolute Gasteiger partial charge is 0.618 e. The van der Waals surface area contributed by atoms with Gasteiger partial charge in [0.15, 0.2) is 12.5 Å². The van der Waals surface area contributed by atoms with E-state index < -0.39 is 12.4 Å². The Hall–Kier alpha value is -4.15. The molecule has 1 aliphatic heterocycles. The van der Waals surface area contributed by atoms with Crippen molar-refractivity contribution in [3.8, 4) is 11.1 Å². The van der Waals surface area contributed by atoms with Gasteiger partial charge >= 0.3 is 6.09 Å². The van der Waals surface area contributed by atoms with Crippen molar-refractivity contribution >= 4 is 17.9 Å². The van der Waals surface area contributed by atoms with Crippen LogP contribution in [0.1, 0.15) is 41.1 Å². The van der Waals surface area contributed by atoms with Gasteiger partial charge in [-0.3, -0.25) is 0 Å². The summed E-state index contributed by atoms with van der Waals surface area (Å²) >= 11 is 1.46. The molecule has 0 radical (unpaired) electrons. The van der Waals surface area contributed by atoms with E-state index in [2.05, 4.69) is 11.9 Å². The van der Waals surface area contributed by atoms with E-state index in [4.69, 9.17) is 14.2 Å². The first-order valence-electron chi connectivity index (χ1n) is 14.0. The first-order valence-corrected chi connectivity index (χ1v) is 15.0. The van der Waals surface area contributed by atoms with Gasteiger partial charge in [-0.15, -0.1) is 0 Å². The fraction of sp³-hybridized carbons (Fsp3) is 0.235. The molecule has 2 heterocycles. The number of aromatic nitrogens is 1. The van der Waals surface area contributed by atoms with Crippen molar-refractivity contribution < 1.29 is 28.8 Å². The molecule has 1 fully saturated rings. The summed E-state index contributed by atoms with van der Waals surface area (Å²) in [5.74, 6) is 0.595. The fourth-order valence-electron chi connectivity index (χ4n) is 4.78. The normalized spacial score (nSPS) is 18.1. The molecule has 5 rings (SSSR count). The molecule has 4 aromatic rings. The van der Waals surface area contributed by atoms with E-state index in [0.29, 0.717) is 23.7 Å². The summed E-state index contributed by atoms with van der Waals surface area (Å²) in [6.07, 6.45) is 2.19. The molecule has 3 unspecified atom stereocenters. The van der Waals surface area contributed by atoms with Gasteiger partial charge in [-0.05, 0) is 39.9 Å². The number of carbonyl (C=O) groups excluding carboxylic acids is 1. The third kappa shape index (κ3) is 8.24. The molecular formula is C34H34N2O6S. The molecule has 0 bridgehead atoms. The summed E-state index contributed by atoms with van der Waals surface area (Å²) in [7, 11) is 0. The average molecular weight is 599 g/mol. The quantitative estimate of drug-likeness (QED) is 0.0913. The summed E-state index contributed by atoms with van der Waals surface area (Å²) in [6, 6.07) is 29.1. The Bertz CT molecular complexity index is 1510. The third-order valence-corrected chi connectivity index (χ3v) is 8.18. The Balaban J connectivity index is 1.30. The monoisotopic (exact) mass is 598 g/mol. The zero-order valence-corrected chi connectivity index (χ0v) is 24.5. The van der Waals surface area contributed by atoms with Crippen LogP contribution in [0.25, 0.3) is 11.1 Å². The number of hydrogen-bond acceptors (Lipinski definition) is 7. The summed E-state index contributed by atoms with van der Waals surface area (Å²) in [4.78, 5) is 11.8. The highest BCUT2D eigenvalue weighted by molar-refractivity contribution is 7.99. The van der Waals surface area contributed by atoms with Crippen LogP contribution in [-0.4, -0.2) is 29.7 Å². The van der Waals surface area contributed by atoms with E-state index >= 15 is 0 Å². The molecule has 1 aromatic heterocycles. The second-order valence-electron chi connectivity index (χ2n) is 10.1. The predicted octanol–water partition coefficient (Wildman–Crippen LogP) is 6.23. The standard InChI is InChI=1S/C34H34N2O6S/c1-2-18-40-34(38)35-21-25-6-5-7-29(19-25)26-13-15-28(16-14-26)33-41-30(23-43-32-8-3-4-17-36(32)39)20-31(42-33)27-11-9-24(22-37)10-12-27/h2-17,19,30-31,33,37H,1,18,20-23H2,(H,35,38). The van der Waals surface area contributed by atoms with Crippen LogP contribution >= 0.6 is 11.8 Å². The lowest BCUT2D eigenvalue weighted by Gasteiger charge is -2.36. The maximum absolute atomic E-state index is 12.2. The van der Waals surface area contributed by atoms with Crippen molar-refractivity contribution in [1.29, 1.82) is 0 Å². The van der Waals surface area contributed by atoms with Gasteiger partial charge in [0.05, 0.1) is 18.8 Å². The molecule has 0 saturated carbocycles. The smallest absolute Gasteiger partial charge is 0.407 e. The molecule has 0 spiro atoms. The van der Waals surface area contributed by atoms with E-state index in [1.807, 2.05) is 78.9 Å². The summed E-state index contributed by atoms with van der Waals surface area (Å²) in [5, 5.41) is 25.0. The van der Waals surface area contributed by atoms with Crippen LogP contribution in [0.15, 0.2) is 115 Å². The number of aliphatic hydroxyl groups excluding tert-OH is 1. The lowest BCUT2D eigenvalue weighted by Crippen LogP contribution is -2.32. The van der Waals surface area contributed by atoms with Crippen molar-refractivity contribution in [3.05, 3.63) is 137 Å². The molecule has 3 aromatic carbocycles. The minimum atomic E-state index is -0.594. The minimum Gasteiger partial charge on any atom is -0.618 e. The Morgan fingerprint density at radius 3 is 2.53 bits per heavy atom. The van der Waals surface area contributed by atoms with E-state index in [9.17, 15) is 15.1 Å². The topological polar surface area (TPSA) is 104 Å². The van der Waals surface area contributed by atoms with E-state index in [-0.39, 0.29) is 25.4 Å². The number of nitrogens with one attached hydrogen (secondary N) is 1. The molecule has 8 nitrogen and oxygen atoms in total. The molecule has 43 heavy (non-hydrogen) atoms. The Morgan fingerprint density at radius 1 is 1.00 bits per heavy atom. The van der Waals surface area contributed by atoms with Crippen LogP contribution in [0.4, 0.5) is 4.79 Å². The second kappa shape index (κ2) is 14.8. The molecule has 0 aliphatic carbocycles. The minimum absolute atomic E-state index is 0.0167. The second-order valence-corrected chi connectivity index (χ2v) is 11.1. The van der Waals surface area contributed by atoms with Gasteiger partial charge in [-0.2, -0.15) is 4.73 Å². The summed E-state index contributed by atoms with van der Waals surface area (Å²) in [5.41, 5.74) is 5.71. The van der Waals surface area contributed by atoms with Crippen molar-refractivity contribution in [2.24, 2.45) is 0 Å². The first-order chi connectivity index (χ1) is 21.0. The van der Waals surface area contributed by atoms with Gasteiger partial charge < -0.3 is 29.8 Å². The highest BCUT2D eigenvalue weighted by Crippen LogP contribution is 2.39. The van der Waals surface area contributed by atoms with E-state index in [0.717, 1.165) is 38.1 Å². The average Bonchev–Trinajstić information content (AvgIpc) is 3.06. The van der Waals surface area contributed by atoms with Gasteiger partial charge in [-0.25, -0.2) is 4.79 Å². The number of hydrogen-bond donors (Lipinski definition) is 2. The van der Waals surface area contributed by atoms with E-state index in [1.165, 1.54) is 24.0 Å². The highest BCUT2D eigenvalue weighted by Gasteiger charge is 2.32. The molecule has 2 N–H and O–H groups in total. The number of rotatable bonds is 11. The lowest BCUT2D eigenvalue weighted by atomic mass is 9.99. The maximum atomic E-state index is 12.2. The number of thioether (sulfide) groups is 1. The number of benzene rings is 3. The van der Waals surface area contributed by atoms with Gasteiger partial charge in [0.2, 0.25) is 0 Å². The van der Waals surface area contributed by atoms with Gasteiger partial charge in [0.25, 0.3) is 5.03 Å². The number of pyridine rings is 1. The van der Waals surface area contributed by atoms with Crippen molar-refractivity contribution in [1.82, 2.24) is 5.32 Å². The van der Waals surface area contributed by atoms with Gasteiger partial charge in [-0.1, -0.05) is 91.1 Å². The van der Waals surface area contributed by atoms with E-state index in [1.54, 1.807) is 12.1 Å². The Kier molecular flexibility index (Phi) is 10.5. The van der Waals surface area contributed by atoms with Crippen molar-refractivity contribution in [2.45, 2.75) is 43.1 Å². The first kappa shape index (κ1) is 30.3. The van der Waals surface area contributed by atoms with Gasteiger partial charge in [0.1, 0.15) is 6.61 Å².